The summed E-state index contributed by atoms with van der Waals surface area (Å²) in [6, 6.07) is 5.43. The Morgan fingerprint density at radius 3 is 2.76 bits per heavy atom. The fourth-order valence-electron chi connectivity index (χ4n) is 1.78. The van der Waals surface area contributed by atoms with Gasteiger partial charge in [0.25, 0.3) is 5.22 Å². The first-order chi connectivity index (χ1) is 9.95. The van der Waals surface area contributed by atoms with Gasteiger partial charge in [0.2, 0.25) is 5.91 Å². The van der Waals surface area contributed by atoms with E-state index in [9.17, 15) is 4.79 Å². The number of oxazole rings is 1. The summed E-state index contributed by atoms with van der Waals surface area (Å²) in [5.41, 5.74) is 9.01. The highest BCUT2D eigenvalue weighted by molar-refractivity contribution is 7.99. The van der Waals surface area contributed by atoms with Crippen LogP contribution in [0.4, 0.5) is 11.4 Å². The van der Waals surface area contributed by atoms with Crippen LogP contribution in [0.15, 0.2) is 27.8 Å². The number of nitrogens with one attached hydrogen (secondary N) is 1. The molecular formula is C15H19N3O2S. The molecule has 0 aliphatic carbocycles. The number of carbonyl (C=O) groups is 1. The molecule has 0 aliphatic heterocycles. The SMILES string of the molecule is Cc1cc(N)ccc1NC(=O)CCSc1nc(C)c(C)o1. The number of hydrogen-bond donors (Lipinski definition) is 2. The Morgan fingerprint density at radius 1 is 1.38 bits per heavy atom. The molecule has 0 saturated carbocycles. The Kier molecular flexibility index (Phi) is 4.90. The van der Waals surface area contributed by atoms with E-state index in [1.54, 1.807) is 6.07 Å². The number of anilines is 2. The molecule has 2 rings (SSSR count). The second kappa shape index (κ2) is 6.67. The second-order valence-electron chi connectivity index (χ2n) is 4.84. The monoisotopic (exact) mass is 305 g/mol. The predicted octanol–water partition coefficient (Wildman–Crippen LogP) is 3.30. The summed E-state index contributed by atoms with van der Waals surface area (Å²) in [5, 5.41) is 3.49. The third kappa shape index (κ3) is 4.26. The lowest BCUT2D eigenvalue weighted by Crippen LogP contribution is -2.13. The lowest BCUT2D eigenvalue weighted by molar-refractivity contribution is -0.115. The zero-order valence-corrected chi connectivity index (χ0v) is 13.2. The van der Waals surface area contributed by atoms with Crippen molar-refractivity contribution in [2.45, 2.75) is 32.4 Å². The van der Waals surface area contributed by atoms with E-state index < -0.39 is 0 Å². The maximum Gasteiger partial charge on any atom is 0.256 e. The van der Waals surface area contributed by atoms with Crippen LogP contribution in [0.25, 0.3) is 0 Å². The van der Waals surface area contributed by atoms with Gasteiger partial charge in [-0.25, -0.2) is 4.98 Å². The Hall–Kier alpha value is -1.95. The van der Waals surface area contributed by atoms with E-state index in [2.05, 4.69) is 10.3 Å². The topological polar surface area (TPSA) is 81.1 Å². The zero-order valence-electron chi connectivity index (χ0n) is 12.4. The van der Waals surface area contributed by atoms with Crippen molar-refractivity contribution in [2.24, 2.45) is 0 Å². The van der Waals surface area contributed by atoms with E-state index in [-0.39, 0.29) is 5.91 Å². The summed E-state index contributed by atoms with van der Waals surface area (Å²) in [6.45, 7) is 5.70. The highest BCUT2D eigenvalue weighted by atomic mass is 32.2. The average molecular weight is 305 g/mol. The number of amides is 1. The number of nitrogen functional groups attached to an aromatic ring is 1. The van der Waals surface area contributed by atoms with Gasteiger partial charge in [0.05, 0.1) is 5.69 Å². The number of rotatable bonds is 5. The first-order valence-electron chi connectivity index (χ1n) is 6.68. The number of nitrogens with two attached hydrogens (primary N) is 1. The standard InChI is InChI=1S/C15H19N3O2S/c1-9-8-12(16)4-5-13(9)18-14(19)6-7-21-15-17-10(2)11(3)20-15/h4-5,8H,6-7,16H2,1-3H3,(H,18,19). The number of benzene rings is 1. The van der Waals surface area contributed by atoms with Crippen LogP contribution in [0.3, 0.4) is 0 Å². The van der Waals surface area contributed by atoms with Gasteiger partial charge in [0.15, 0.2) is 0 Å². The Labute approximate surface area is 128 Å². The lowest BCUT2D eigenvalue weighted by atomic mass is 10.2. The molecule has 1 aromatic carbocycles. The van der Waals surface area contributed by atoms with Crippen LogP contribution < -0.4 is 11.1 Å². The molecule has 0 aliphatic rings. The highest BCUT2D eigenvalue weighted by Gasteiger charge is 2.09. The molecule has 2 aromatic rings. The van der Waals surface area contributed by atoms with Crippen molar-refractivity contribution in [3.8, 4) is 0 Å². The van der Waals surface area contributed by atoms with Gasteiger partial charge in [-0.3, -0.25) is 4.79 Å². The lowest BCUT2D eigenvalue weighted by Gasteiger charge is -2.08. The Balaban J connectivity index is 1.82. The summed E-state index contributed by atoms with van der Waals surface area (Å²) >= 11 is 1.44. The van der Waals surface area contributed by atoms with E-state index in [1.807, 2.05) is 32.9 Å². The molecule has 3 N–H and O–H groups in total. The van der Waals surface area contributed by atoms with Crippen LogP contribution >= 0.6 is 11.8 Å². The van der Waals surface area contributed by atoms with Gasteiger partial charge in [-0.1, -0.05) is 11.8 Å². The molecule has 1 heterocycles. The minimum atomic E-state index is -0.0321. The molecule has 0 spiro atoms. The van der Waals surface area contributed by atoms with Gasteiger partial charge < -0.3 is 15.5 Å². The van der Waals surface area contributed by atoms with Crippen molar-refractivity contribution < 1.29 is 9.21 Å². The third-order valence-electron chi connectivity index (χ3n) is 3.09. The summed E-state index contributed by atoms with van der Waals surface area (Å²) in [7, 11) is 0. The van der Waals surface area contributed by atoms with E-state index >= 15 is 0 Å². The van der Waals surface area contributed by atoms with Crippen molar-refractivity contribution in [1.29, 1.82) is 0 Å². The second-order valence-corrected chi connectivity index (χ2v) is 5.89. The molecule has 0 unspecified atom stereocenters. The molecule has 6 heteroatoms. The first kappa shape index (κ1) is 15.4. The van der Waals surface area contributed by atoms with Gasteiger partial charge in [0, 0.05) is 23.5 Å². The van der Waals surface area contributed by atoms with Crippen LogP contribution in [0.5, 0.6) is 0 Å². The average Bonchev–Trinajstić information content (AvgIpc) is 2.72. The van der Waals surface area contributed by atoms with Crippen molar-refractivity contribution in [2.75, 3.05) is 16.8 Å². The number of hydrogen-bond acceptors (Lipinski definition) is 5. The number of thioether (sulfide) groups is 1. The van der Waals surface area contributed by atoms with Crippen LogP contribution in [-0.4, -0.2) is 16.6 Å². The molecule has 0 fully saturated rings. The van der Waals surface area contributed by atoms with Crippen molar-refractivity contribution in [1.82, 2.24) is 4.98 Å². The van der Waals surface area contributed by atoms with E-state index in [0.717, 1.165) is 22.7 Å². The number of aromatic nitrogens is 1. The molecule has 1 aromatic heterocycles. The third-order valence-corrected chi connectivity index (χ3v) is 3.92. The molecule has 5 nitrogen and oxygen atoms in total. The van der Waals surface area contributed by atoms with E-state index in [4.69, 9.17) is 10.2 Å². The quantitative estimate of drug-likeness (QED) is 0.654. The van der Waals surface area contributed by atoms with Crippen LogP contribution in [0.1, 0.15) is 23.4 Å². The fraction of sp³-hybridized carbons (Fsp3) is 0.333. The summed E-state index contributed by atoms with van der Waals surface area (Å²) < 4.78 is 5.45. The van der Waals surface area contributed by atoms with Crippen molar-refractivity contribution >= 4 is 29.0 Å². The molecule has 0 bridgehead atoms. The van der Waals surface area contributed by atoms with E-state index in [0.29, 0.717) is 23.1 Å². The minimum absolute atomic E-state index is 0.0321. The van der Waals surface area contributed by atoms with Crippen molar-refractivity contribution in [3.05, 3.63) is 35.2 Å². The van der Waals surface area contributed by atoms with Crippen molar-refractivity contribution in [3.63, 3.8) is 0 Å². The van der Waals surface area contributed by atoms with Crippen LogP contribution in [0, 0.1) is 20.8 Å². The molecule has 112 valence electrons. The minimum Gasteiger partial charge on any atom is -0.437 e. The molecule has 0 radical (unpaired) electrons. The number of carbonyl (C=O) groups excluding carboxylic acids is 1. The maximum absolute atomic E-state index is 11.9. The van der Waals surface area contributed by atoms with E-state index in [1.165, 1.54) is 11.8 Å². The van der Waals surface area contributed by atoms with Gasteiger partial charge >= 0.3 is 0 Å². The predicted molar refractivity (Wildman–Crippen MR) is 85.5 cm³/mol. The normalized spacial score (nSPS) is 10.6. The Bertz CT molecular complexity index is 633. The summed E-state index contributed by atoms with van der Waals surface area (Å²) in [6.07, 6.45) is 0.398. The molecule has 0 saturated heterocycles. The highest BCUT2D eigenvalue weighted by Crippen LogP contribution is 2.21. The molecular weight excluding hydrogens is 286 g/mol. The van der Waals surface area contributed by atoms with Gasteiger partial charge in [-0.15, -0.1) is 0 Å². The largest absolute Gasteiger partial charge is 0.437 e. The number of nitrogens with zero attached hydrogens (tertiary/aromatic N) is 1. The van der Waals surface area contributed by atoms with Crippen LogP contribution in [-0.2, 0) is 4.79 Å². The summed E-state index contributed by atoms with van der Waals surface area (Å²) in [4.78, 5) is 16.2. The van der Waals surface area contributed by atoms with Crippen LogP contribution in [0.2, 0.25) is 0 Å². The fourth-order valence-corrected chi connectivity index (χ4v) is 2.62. The number of aryl methyl sites for hydroxylation is 3. The summed E-state index contributed by atoms with van der Waals surface area (Å²) in [5.74, 6) is 1.41. The Morgan fingerprint density at radius 2 is 2.14 bits per heavy atom. The van der Waals surface area contributed by atoms with Gasteiger partial charge in [0.1, 0.15) is 5.76 Å². The molecule has 21 heavy (non-hydrogen) atoms. The maximum atomic E-state index is 11.9. The first-order valence-corrected chi connectivity index (χ1v) is 7.67. The molecule has 1 amide bonds. The smallest absolute Gasteiger partial charge is 0.256 e. The zero-order chi connectivity index (χ0) is 15.4. The van der Waals surface area contributed by atoms with Gasteiger partial charge in [-0.2, -0.15) is 0 Å². The molecule has 0 atom stereocenters. The van der Waals surface area contributed by atoms with Gasteiger partial charge in [-0.05, 0) is 44.5 Å².